The van der Waals surface area contributed by atoms with Crippen LogP contribution in [-0.4, -0.2) is 64.2 Å². The molecule has 2 rings (SSSR count). The number of Topliss-reactive ketones (excluding diaryl/α,β-unsaturated/α-hetero) is 1. The molecule has 1 aromatic carbocycles. The Kier molecular flexibility index (Phi) is 6.47. The summed E-state index contributed by atoms with van der Waals surface area (Å²) in [6.45, 7) is 3.98. The van der Waals surface area contributed by atoms with Crippen LogP contribution in [0.5, 0.6) is 17.2 Å². The van der Waals surface area contributed by atoms with Crippen LogP contribution in [0.4, 0.5) is 0 Å². The Bertz CT molecular complexity index is 687. The first kappa shape index (κ1) is 20.0. The molecule has 0 aromatic heterocycles. The number of likely N-dealkylation sites (N-methyl/N-ethyl adjacent to an activating group) is 1. The van der Waals surface area contributed by atoms with E-state index >= 15 is 0 Å². The van der Waals surface area contributed by atoms with Crippen LogP contribution in [0.2, 0.25) is 0 Å². The van der Waals surface area contributed by atoms with Crippen LogP contribution in [0.25, 0.3) is 0 Å². The monoisotopic (exact) mass is 365 g/mol. The van der Waals surface area contributed by atoms with Crippen molar-refractivity contribution in [2.75, 3.05) is 41.5 Å². The van der Waals surface area contributed by atoms with Gasteiger partial charge in [0.15, 0.2) is 5.78 Å². The molecular formula is C19H27NO6. The minimum absolute atomic E-state index is 0.00624. The molecule has 0 aliphatic carbocycles. The van der Waals surface area contributed by atoms with Gasteiger partial charge in [-0.15, -0.1) is 0 Å². The molecule has 144 valence electrons. The molecule has 7 nitrogen and oxygen atoms in total. The average Bonchev–Trinajstić information content (AvgIpc) is 2.97. The summed E-state index contributed by atoms with van der Waals surface area (Å²) in [6, 6.07) is 1.69. The third kappa shape index (κ3) is 3.77. The van der Waals surface area contributed by atoms with Crippen LogP contribution >= 0.6 is 0 Å². The van der Waals surface area contributed by atoms with E-state index in [1.165, 1.54) is 28.1 Å². The van der Waals surface area contributed by atoms with Gasteiger partial charge < -0.3 is 18.9 Å². The van der Waals surface area contributed by atoms with E-state index < -0.39 is 0 Å². The third-order valence-corrected chi connectivity index (χ3v) is 4.89. The Morgan fingerprint density at radius 2 is 1.77 bits per heavy atom. The number of benzene rings is 1. The fourth-order valence-electron chi connectivity index (χ4n) is 3.64. The van der Waals surface area contributed by atoms with Crippen LogP contribution in [0, 0.1) is 0 Å². The number of nitrogens with zero attached hydrogens (tertiary/aromatic N) is 1. The first-order chi connectivity index (χ1) is 12.3. The maximum Gasteiger partial charge on any atom is 0.302 e. The number of carbonyl (C=O) groups excluding carboxylic acids is 2. The molecule has 0 saturated carbocycles. The van der Waals surface area contributed by atoms with E-state index in [4.69, 9.17) is 18.9 Å². The smallest absolute Gasteiger partial charge is 0.302 e. The van der Waals surface area contributed by atoms with Gasteiger partial charge in [0.25, 0.3) is 0 Å². The lowest BCUT2D eigenvalue weighted by molar-refractivity contribution is -0.142. The van der Waals surface area contributed by atoms with Crippen molar-refractivity contribution in [3.63, 3.8) is 0 Å². The minimum Gasteiger partial charge on any atom is -0.496 e. The quantitative estimate of drug-likeness (QED) is 0.542. The maximum absolute atomic E-state index is 12.3. The van der Waals surface area contributed by atoms with Gasteiger partial charge in [0.1, 0.15) is 29.4 Å². The van der Waals surface area contributed by atoms with Gasteiger partial charge in [-0.05, 0) is 26.9 Å². The van der Waals surface area contributed by atoms with Gasteiger partial charge in [0.05, 0.1) is 27.4 Å². The highest BCUT2D eigenvalue weighted by molar-refractivity contribution is 6.00. The highest BCUT2D eigenvalue weighted by Gasteiger charge is 2.39. The molecule has 1 fully saturated rings. The van der Waals surface area contributed by atoms with E-state index in [0.717, 1.165) is 18.5 Å². The van der Waals surface area contributed by atoms with E-state index in [1.54, 1.807) is 13.2 Å². The summed E-state index contributed by atoms with van der Waals surface area (Å²) in [5.74, 6) is 0.998. The molecule has 7 heteroatoms. The molecule has 0 amide bonds. The Morgan fingerprint density at radius 3 is 2.27 bits per heavy atom. The van der Waals surface area contributed by atoms with E-state index in [2.05, 4.69) is 4.90 Å². The fourth-order valence-corrected chi connectivity index (χ4v) is 3.64. The van der Waals surface area contributed by atoms with E-state index in [1.807, 2.05) is 7.05 Å². The Morgan fingerprint density at radius 1 is 1.12 bits per heavy atom. The lowest BCUT2D eigenvalue weighted by Gasteiger charge is -2.28. The Labute approximate surface area is 154 Å². The lowest BCUT2D eigenvalue weighted by atomic mass is 9.88. The molecule has 1 aromatic rings. The lowest BCUT2D eigenvalue weighted by Crippen LogP contribution is -2.34. The molecule has 0 unspecified atom stereocenters. The molecule has 1 aliphatic heterocycles. The van der Waals surface area contributed by atoms with Crippen molar-refractivity contribution in [2.45, 2.75) is 32.2 Å². The van der Waals surface area contributed by atoms with Crippen LogP contribution in [0.3, 0.4) is 0 Å². The van der Waals surface area contributed by atoms with Gasteiger partial charge in [-0.25, -0.2) is 0 Å². The van der Waals surface area contributed by atoms with Crippen molar-refractivity contribution in [1.82, 2.24) is 4.90 Å². The van der Waals surface area contributed by atoms with Gasteiger partial charge >= 0.3 is 5.97 Å². The second-order valence-corrected chi connectivity index (χ2v) is 6.40. The Hall–Kier alpha value is -2.28. The molecule has 0 bridgehead atoms. The Balaban J connectivity index is 2.60. The largest absolute Gasteiger partial charge is 0.496 e. The minimum atomic E-state index is -0.317. The van der Waals surface area contributed by atoms with Crippen molar-refractivity contribution in [1.29, 1.82) is 0 Å². The first-order valence-electron chi connectivity index (χ1n) is 8.53. The molecule has 0 N–H and O–H groups in total. The number of hydrogen-bond donors (Lipinski definition) is 0. The summed E-state index contributed by atoms with van der Waals surface area (Å²) < 4.78 is 21.9. The summed E-state index contributed by atoms with van der Waals surface area (Å²) in [5.41, 5.74) is 1.20. The van der Waals surface area contributed by atoms with Crippen molar-refractivity contribution in [2.24, 2.45) is 0 Å². The summed E-state index contributed by atoms with van der Waals surface area (Å²) in [4.78, 5) is 25.7. The van der Waals surface area contributed by atoms with Gasteiger partial charge in [0, 0.05) is 24.5 Å². The average molecular weight is 365 g/mol. The van der Waals surface area contributed by atoms with E-state index in [-0.39, 0.29) is 30.3 Å². The topological polar surface area (TPSA) is 74.3 Å². The predicted octanol–water partition coefficient (Wildman–Crippen LogP) is 2.27. The zero-order valence-electron chi connectivity index (χ0n) is 16.3. The van der Waals surface area contributed by atoms with Gasteiger partial charge in [-0.3, -0.25) is 14.5 Å². The summed E-state index contributed by atoms with van der Waals surface area (Å²) in [6.07, 6.45) is 0.832. The second kappa shape index (κ2) is 8.40. The second-order valence-electron chi connectivity index (χ2n) is 6.40. The van der Waals surface area contributed by atoms with Gasteiger partial charge in [-0.2, -0.15) is 0 Å². The van der Waals surface area contributed by atoms with Gasteiger partial charge in [0.2, 0.25) is 0 Å². The molecule has 1 heterocycles. The number of likely N-dealkylation sites (tertiary alicyclic amines) is 1. The van der Waals surface area contributed by atoms with Crippen LogP contribution in [0.15, 0.2) is 6.07 Å². The normalized spacial score (nSPS) is 19.9. The van der Waals surface area contributed by atoms with Crippen LogP contribution in [-0.2, 0) is 9.53 Å². The number of rotatable bonds is 7. The molecule has 26 heavy (non-hydrogen) atoms. The highest BCUT2D eigenvalue weighted by Crippen LogP contribution is 2.47. The first-order valence-corrected chi connectivity index (χ1v) is 8.53. The van der Waals surface area contributed by atoms with Crippen LogP contribution in [0.1, 0.15) is 42.1 Å². The van der Waals surface area contributed by atoms with Crippen molar-refractivity contribution in [3.05, 3.63) is 17.2 Å². The summed E-state index contributed by atoms with van der Waals surface area (Å²) >= 11 is 0. The number of esters is 1. The molecule has 2 atom stereocenters. The fraction of sp³-hybridized carbons (Fsp3) is 0.579. The molecule has 1 aliphatic rings. The zero-order chi connectivity index (χ0) is 19.4. The number of carbonyl (C=O) groups is 2. The summed E-state index contributed by atoms with van der Waals surface area (Å²) in [5, 5.41) is 0. The summed E-state index contributed by atoms with van der Waals surface area (Å²) in [7, 11) is 6.60. The number of ether oxygens (including phenoxy) is 4. The maximum atomic E-state index is 12.3. The van der Waals surface area contributed by atoms with Crippen molar-refractivity contribution >= 4 is 11.8 Å². The molecule has 1 saturated heterocycles. The number of methoxy groups -OCH3 is 3. The van der Waals surface area contributed by atoms with Gasteiger partial charge in [-0.1, -0.05) is 0 Å². The third-order valence-electron chi connectivity index (χ3n) is 4.89. The van der Waals surface area contributed by atoms with Crippen molar-refractivity contribution < 1.29 is 28.5 Å². The standard InChI is InChI=1S/C19H27NO6/c1-11(21)17-15(23-4)9-16(24-5)18(19(17)25-6)13-7-8-20(3)14(13)10-26-12(2)22/h9,13-14H,7-8,10H2,1-6H3/t13-,14+/m1/s1. The van der Waals surface area contributed by atoms with Crippen LogP contribution < -0.4 is 14.2 Å². The van der Waals surface area contributed by atoms with E-state index in [9.17, 15) is 9.59 Å². The molecule has 0 radical (unpaired) electrons. The zero-order valence-corrected chi connectivity index (χ0v) is 16.3. The molecule has 0 spiro atoms. The predicted molar refractivity (Wildman–Crippen MR) is 96.5 cm³/mol. The SMILES string of the molecule is COc1cc(OC)c([C@@H]2CCN(C)[C@H]2COC(C)=O)c(OC)c1C(C)=O. The van der Waals surface area contributed by atoms with Crippen molar-refractivity contribution in [3.8, 4) is 17.2 Å². The van der Waals surface area contributed by atoms with E-state index in [0.29, 0.717) is 22.8 Å². The number of hydrogen-bond acceptors (Lipinski definition) is 7. The molecular weight excluding hydrogens is 338 g/mol. The highest BCUT2D eigenvalue weighted by atomic mass is 16.5. The number of ketones is 1.